The third-order valence-corrected chi connectivity index (χ3v) is 1.22. The molecule has 0 N–H and O–H groups in total. The number of benzene rings is 1. The molecule has 0 saturated heterocycles. The van der Waals surface area contributed by atoms with E-state index in [4.69, 9.17) is 4.74 Å². The van der Waals surface area contributed by atoms with Crippen LogP contribution in [0.4, 0.5) is 0 Å². The fraction of sp³-hybridized carbons (Fsp3) is 0.125. The SMILES string of the molecule is COc1ccccc1[C+]=O. The Morgan fingerprint density at radius 1 is 1.40 bits per heavy atom. The fourth-order valence-electron chi connectivity index (χ4n) is 0.729. The van der Waals surface area contributed by atoms with E-state index in [-0.39, 0.29) is 0 Å². The Balaban J connectivity index is 3.08. The first-order valence-electron chi connectivity index (χ1n) is 2.89. The van der Waals surface area contributed by atoms with E-state index in [1.165, 1.54) is 7.11 Å². The van der Waals surface area contributed by atoms with Crippen LogP contribution in [0.15, 0.2) is 24.3 Å². The van der Waals surface area contributed by atoms with Crippen LogP contribution in [0.3, 0.4) is 0 Å². The van der Waals surface area contributed by atoms with Crippen LogP contribution in [0.5, 0.6) is 5.75 Å². The summed E-state index contributed by atoms with van der Waals surface area (Å²) in [5.74, 6) is 0.567. The molecule has 2 nitrogen and oxygen atoms in total. The van der Waals surface area contributed by atoms with E-state index in [2.05, 4.69) is 0 Å². The minimum atomic E-state index is 0.463. The van der Waals surface area contributed by atoms with Crippen molar-refractivity contribution in [1.82, 2.24) is 0 Å². The van der Waals surface area contributed by atoms with Gasteiger partial charge in [-0.1, -0.05) is 0 Å². The summed E-state index contributed by atoms with van der Waals surface area (Å²) in [4.78, 5) is 10.2. The van der Waals surface area contributed by atoms with Crippen molar-refractivity contribution < 1.29 is 9.53 Å². The summed E-state index contributed by atoms with van der Waals surface area (Å²) in [7, 11) is 1.52. The van der Waals surface area contributed by atoms with E-state index in [0.717, 1.165) is 0 Å². The van der Waals surface area contributed by atoms with Crippen molar-refractivity contribution in [3.63, 3.8) is 0 Å². The lowest BCUT2D eigenvalue weighted by molar-refractivity contribution is 0.413. The van der Waals surface area contributed by atoms with Gasteiger partial charge >= 0.3 is 6.29 Å². The molecule has 0 saturated carbocycles. The summed E-state index contributed by atoms with van der Waals surface area (Å²) in [6.45, 7) is 0. The van der Waals surface area contributed by atoms with Crippen LogP contribution in [-0.2, 0) is 4.79 Å². The summed E-state index contributed by atoms with van der Waals surface area (Å²) in [5.41, 5.74) is 0.463. The summed E-state index contributed by atoms with van der Waals surface area (Å²) < 4.78 is 4.87. The molecular weight excluding hydrogens is 128 g/mol. The van der Waals surface area contributed by atoms with Crippen LogP contribution in [0.2, 0.25) is 0 Å². The lowest BCUT2D eigenvalue weighted by atomic mass is 10.2. The largest absolute Gasteiger partial charge is 0.436 e. The Bertz CT molecular complexity index is 230. The van der Waals surface area contributed by atoms with E-state index in [1.54, 1.807) is 30.6 Å². The van der Waals surface area contributed by atoms with E-state index in [9.17, 15) is 4.79 Å². The van der Waals surface area contributed by atoms with Gasteiger partial charge in [0, 0.05) is 6.07 Å². The molecule has 50 valence electrons. The smallest absolute Gasteiger partial charge is 0.307 e. The minimum Gasteiger partial charge on any atom is -0.436 e. The van der Waals surface area contributed by atoms with Gasteiger partial charge in [0.25, 0.3) is 5.56 Å². The van der Waals surface area contributed by atoms with E-state index in [1.807, 2.05) is 0 Å². The second-order valence-corrected chi connectivity index (χ2v) is 1.80. The van der Waals surface area contributed by atoms with Crippen molar-refractivity contribution in [2.45, 2.75) is 0 Å². The molecule has 0 radical (unpaired) electrons. The summed E-state index contributed by atoms with van der Waals surface area (Å²) in [5, 5.41) is 0. The predicted octanol–water partition coefficient (Wildman–Crippen LogP) is 1.15. The van der Waals surface area contributed by atoms with Crippen LogP contribution >= 0.6 is 0 Å². The second-order valence-electron chi connectivity index (χ2n) is 1.80. The number of rotatable bonds is 2. The van der Waals surface area contributed by atoms with Crippen LogP contribution < -0.4 is 4.74 Å². The quantitative estimate of drug-likeness (QED) is 0.568. The van der Waals surface area contributed by atoms with Gasteiger partial charge in [0.2, 0.25) is 5.75 Å². The van der Waals surface area contributed by atoms with Crippen LogP contribution in [0.1, 0.15) is 5.56 Å². The lowest BCUT2D eigenvalue weighted by Gasteiger charge is -1.89. The Morgan fingerprint density at radius 2 is 2.10 bits per heavy atom. The third kappa shape index (κ3) is 1.12. The highest BCUT2D eigenvalue weighted by molar-refractivity contribution is 5.79. The molecule has 0 aliphatic rings. The molecule has 10 heavy (non-hydrogen) atoms. The highest BCUT2D eigenvalue weighted by Gasteiger charge is 2.09. The minimum absolute atomic E-state index is 0.463. The summed E-state index contributed by atoms with van der Waals surface area (Å²) >= 11 is 0. The maximum absolute atomic E-state index is 10.2. The van der Waals surface area contributed by atoms with Crippen LogP contribution in [0.25, 0.3) is 0 Å². The molecule has 0 fully saturated rings. The molecule has 1 aromatic carbocycles. The van der Waals surface area contributed by atoms with E-state index in [0.29, 0.717) is 11.3 Å². The van der Waals surface area contributed by atoms with Gasteiger partial charge in [-0.2, -0.15) is 0 Å². The Kier molecular flexibility index (Phi) is 1.98. The van der Waals surface area contributed by atoms with Gasteiger partial charge in [0.1, 0.15) is 0 Å². The van der Waals surface area contributed by atoms with Crippen LogP contribution in [0, 0.1) is 0 Å². The van der Waals surface area contributed by atoms with Crippen molar-refractivity contribution in [1.29, 1.82) is 0 Å². The molecular formula is C8H7O2+. The molecule has 2 heteroatoms. The number of hydrogen-bond acceptors (Lipinski definition) is 2. The van der Waals surface area contributed by atoms with Crippen molar-refractivity contribution in [3.8, 4) is 5.75 Å². The Labute approximate surface area is 59.4 Å². The van der Waals surface area contributed by atoms with Gasteiger partial charge < -0.3 is 4.74 Å². The molecule has 0 unspecified atom stereocenters. The van der Waals surface area contributed by atoms with E-state index >= 15 is 0 Å². The van der Waals surface area contributed by atoms with Gasteiger partial charge in [0.05, 0.1) is 13.2 Å². The molecule has 0 amide bonds. The maximum atomic E-state index is 10.2. The highest BCUT2D eigenvalue weighted by Crippen LogP contribution is 2.13. The number of hydrogen-bond donors (Lipinski definition) is 0. The third-order valence-electron chi connectivity index (χ3n) is 1.22. The lowest BCUT2D eigenvalue weighted by Crippen LogP contribution is -1.88. The molecule has 1 rings (SSSR count). The molecule has 0 spiro atoms. The first-order valence-corrected chi connectivity index (χ1v) is 2.89. The zero-order chi connectivity index (χ0) is 7.40. The standard InChI is InChI=1S/C8H7O2/c1-10-8-5-3-2-4-7(8)6-9/h2-5H,1H3/q+1. The maximum Gasteiger partial charge on any atom is 0.307 e. The topological polar surface area (TPSA) is 26.3 Å². The second kappa shape index (κ2) is 2.95. The Morgan fingerprint density at radius 3 is 2.60 bits per heavy atom. The van der Waals surface area contributed by atoms with Crippen molar-refractivity contribution in [3.05, 3.63) is 29.8 Å². The zero-order valence-electron chi connectivity index (χ0n) is 5.63. The molecule has 0 aromatic heterocycles. The van der Waals surface area contributed by atoms with Crippen molar-refractivity contribution >= 4 is 6.29 Å². The van der Waals surface area contributed by atoms with Crippen molar-refractivity contribution in [2.75, 3.05) is 7.11 Å². The number of methoxy groups -OCH3 is 1. The summed E-state index contributed by atoms with van der Waals surface area (Å²) in [6.07, 6.45) is 1.77. The van der Waals surface area contributed by atoms with Gasteiger partial charge in [-0.15, -0.1) is 4.79 Å². The van der Waals surface area contributed by atoms with Gasteiger partial charge in [-0.3, -0.25) is 0 Å². The first-order chi connectivity index (χ1) is 4.88. The molecule has 0 heterocycles. The normalized spacial score (nSPS) is 8.50. The molecule has 0 aliphatic carbocycles. The Hall–Kier alpha value is -1.40. The van der Waals surface area contributed by atoms with Gasteiger partial charge in [-0.25, -0.2) is 0 Å². The average Bonchev–Trinajstić information content (AvgIpc) is 2.04. The van der Waals surface area contributed by atoms with Crippen LogP contribution in [-0.4, -0.2) is 13.4 Å². The predicted molar refractivity (Wildman–Crippen MR) is 37.8 cm³/mol. The van der Waals surface area contributed by atoms with Gasteiger partial charge in [0.15, 0.2) is 0 Å². The number of carbonyl (C=O) groups excluding carboxylic acids is 1. The highest BCUT2D eigenvalue weighted by atomic mass is 16.5. The van der Waals surface area contributed by atoms with Gasteiger partial charge in [-0.05, 0) is 12.1 Å². The molecule has 0 bridgehead atoms. The van der Waals surface area contributed by atoms with Crippen molar-refractivity contribution in [2.24, 2.45) is 0 Å². The fourth-order valence-corrected chi connectivity index (χ4v) is 0.729. The number of para-hydroxylation sites is 1. The van der Waals surface area contributed by atoms with E-state index < -0.39 is 0 Å². The molecule has 0 aliphatic heterocycles. The first kappa shape index (κ1) is 6.72. The monoisotopic (exact) mass is 135 g/mol. The molecule has 0 atom stereocenters. The zero-order valence-corrected chi connectivity index (χ0v) is 5.63. The number of ether oxygens (including phenoxy) is 1. The summed E-state index contributed by atoms with van der Waals surface area (Å²) in [6, 6.07) is 6.95. The molecule has 1 aromatic rings. The average molecular weight is 135 g/mol.